The summed E-state index contributed by atoms with van der Waals surface area (Å²) in [5.74, 6) is 1.65. The third kappa shape index (κ3) is 2.23. The van der Waals surface area contributed by atoms with E-state index in [2.05, 4.69) is 45.1 Å². The number of hydrogen-bond acceptors (Lipinski definition) is 2. The SMILES string of the molecule is BrCC1CCCN1CC1COc2ccccc21. The van der Waals surface area contributed by atoms with E-state index in [1.165, 1.54) is 24.9 Å². The Balaban J connectivity index is 1.71. The van der Waals surface area contributed by atoms with E-state index in [9.17, 15) is 0 Å². The fourth-order valence-electron chi connectivity index (χ4n) is 2.97. The van der Waals surface area contributed by atoms with Crippen LogP contribution in [-0.2, 0) is 0 Å². The number of hydrogen-bond donors (Lipinski definition) is 0. The van der Waals surface area contributed by atoms with Gasteiger partial charge in [-0.3, -0.25) is 4.90 Å². The number of nitrogens with zero attached hydrogens (tertiary/aromatic N) is 1. The molecule has 2 heterocycles. The first-order valence-electron chi connectivity index (χ1n) is 6.40. The van der Waals surface area contributed by atoms with E-state index in [0.29, 0.717) is 5.92 Å². The van der Waals surface area contributed by atoms with E-state index in [1.807, 2.05) is 0 Å². The fourth-order valence-corrected chi connectivity index (χ4v) is 3.71. The highest BCUT2D eigenvalue weighted by atomic mass is 79.9. The summed E-state index contributed by atoms with van der Waals surface area (Å²) in [7, 11) is 0. The molecule has 2 nitrogen and oxygen atoms in total. The van der Waals surface area contributed by atoms with Crippen molar-refractivity contribution in [3.63, 3.8) is 0 Å². The molecule has 0 N–H and O–H groups in total. The van der Waals surface area contributed by atoms with Crippen molar-refractivity contribution < 1.29 is 4.74 Å². The molecule has 1 aromatic carbocycles. The summed E-state index contributed by atoms with van der Waals surface area (Å²) in [4.78, 5) is 2.62. The monoisotopic (exact) mass is 295 g/mol. The van der Waals surface area contributed by atoms with Crippen LogP contribution >= 0.6 is 15.9 Å². The van der Waals surface area contributed by atoms with E-state index >= 15 is 0 Å². The Hall–Kier alpha value is -0.540. The van der Waals surface area contributed by atoms with Crippen molar-refractivity contribution in [1.82, 2.24) is 4.90 Å². The topological polar surface area (TPSA) is 12.5 Å². The van der Waals surface area contributed by atoms with Crippen LogP contribution in [0.5, 0.6) is 5.75 Å². The summed E-state index contributed by atoms with van der Waals surface area (Å²) < 4.78 is 5.75. The zero-order valence-corrected chi connectivity index (χ0v) is 11.5. The van der Waals surface area contributed by atoms with Crippen LogP contribution in [0.15, 0.2) is 24.3 Å². The lowest BCUT2D eigenvalue weighted by atomic mass is 10.0. The molecule has 1 fully saturated rings. The molecule has 92 valence electrons. The molecule has 2 unspecified atom stereocenters. The highest BCUT2D eigenvalue weighted by molar-refractivity contribution is 9.09. The molecule has 2 atom stereocenters. The molecule has 0 radical (unpaired) electrons. The fraction of sp³-hybridized carbons (Fsp3) is 0.571. The summed E-state index contributed by atoms with van der Waals surface area (Å²) in [5.41, 5.74) is 1.40. The number of likely N-dealkylation sites (tertiary alicyclic amines) is 1. The maximum Gasteiger partial charge on any atom is 0.122 e. The molecule has 1 saturated heterocycles. The second kappa shape index (κ2) is 4.99. The van der Waals surface area contributed by atoms with Gasteiger partial charge in [0.2, 0.25) is 0 Å². The van der Waals surface area contributed by atoms with Crippen LogP contribution in [0.1, 0.15) is 24.3 Å². The zero-order chi connectivity index (χ0) is 11.7. The smallest absolute Gasteiger partial charge is 0.122 e. The van der Waals surface area contributed by atoms with E-state index in [0.717, 1.165) is 30.3 Å². The Kier molecular flexibility index (Phi) is 3.39. The Labute approximate surface area is 111 Å². The van der Waals surface area contributed by atoms with Gasteiger partial charge in [0.1, 0.15) is 5.75 Å². The first kappa shape index (κ1) is 11.5. The number of para-hydroxylation sites is 1. The third-order valence-corrected chi connectivity index (χ3v) is 4.68. The Morgan fingerprint density at radius 1 is 1.35 bits per heavy atom. The van der Waals surface area contributed by atoms with Crippen molar-refractivity contribution in [3.8, 4) is 5.75 Å². The van der Waals surface area contributed by atoms with Crippen molar-refractivity contribution in [2.75, 3.05) is 25.0 Å². The largest absolute Gasteiger partial charge is 0.493 e. The van der Waals surface area contributed by atoms with Crippen molar-refractivity contribution in [1.29, 1.82) is 0 Å². The first-order valence-corrected chi connectivity index (χ1v) is 7.52. The molecule has 0 aromatic heterocycles. The van der Waals surface area contributed by atoms with Crippen LogP contribution in [0.4, 0.5) is 0 Å². The van der Waals surface area contributed by atoms with Crippen LogP contribution in [0.3, 0.4) is 0 Å². The van der Waals surface area contributed by atoms with Gasteiger partial charge in [-0.2, -0.15) is 0 Å². The van der Waals surface area contributed by atoms with Crippen molar-refractivity contribution in [2.45, 2.75) is 24.8 Å². The van der Waals surface area contributed by atoms with Gasteiger partial charge in [0, 0.05) is 29.4 Å². The predicted octanol–water partition coefficient (Wildman–Crippen LogP) is 3.02. The molecule has 0 spiro atoms. The summed E-state index contributed by atoms with van der Waals surface area (Å²) in [5, 5.41) is 1.10. The van der Waals surface area contributed by atoms with E-state index in [4.69, 9.17) is 4.74 Å². The highest BCUT2D eigenvalue weighted by Gasteiger charge is 2.30. The minimum Gasteiger partial charge on any atom is -0.493 e. The van der Waals surface area contributed by atoms with E-state index in [1.54, 1.807) is 0 Å². The molecule has 1 aromatic rings. The summed E-state index contributed by atoms with van der Waals surface area (Å²) in [6.07, 6.45) is 2.67. The number of ether oxygens (including phenoxy) is 1. The molecular formula is C14H18BrNO. The molecule has 2 aliphatic heterocycles. The molecule has 3 rings (SSSR count). The van der Waals surface area contributed by atoms with Gasteiger partial charge in [0.05, 0.1) is 6.61 Å². The maximum atomic E-state index is 5.75. The van der Waals surface area contributed by atoms with Gasteiger partial charge < -0.3 is 4.74 Å². The molecule has 17 heavy (non-hydrogen) atoms. The van der Waals surface area contributed by atoms with Crippen molar-refractivity contribution >= 4 is 15.9 Å². The van der Waals surface area contributed by atoms with Gasteiger partial charge in [0.15, 0.2) is 0 Å². The lowest BCUT2D eigenvalue weighted by Gasteiger charge is -2.25. The van der Waals surface area contributed by atoms with Gasteiger partial charge in [-0.15, -0.1) is 0 Å². The second-order valence-electron chi connectivity index (χ2n) is 4.99. The van der Waals surface area contributed by atoms with Crippen LogP contribution < -0.4 is 4.74 Å². The molecule has 0 amide bonds. The summed E-state index contributed by atoms with van der Waals surface area (Å²) in [6.45, 7) is 3.24. The number of benzene rings is 1. The van der Waals surface area contributed by atoms with Gasteiger partial charge >= 0.3 is 0 Å². The van der Waals surface area contributed by atoms with E-state index < -0.39 is 0 Å². The maximum absolute atomic E-state index is 5.75. The number of fused-ring (bicyclic) bond motifs is 1. The average molecular weight is 296 g/mol. The van der Waals surface area contributed by atoms with Crippen LogP contribution in [0, 0.1) is 0 Å². The molecule has 2 aliphatic rings. The quantitative estimate of drug-likeness (QED) is 0.795. The number of rotatable bonds is 3. The Morgan fingerprint density at radius 3 is 3.12 bits per heavy atom. The molecule has 3 heteroatoms. The van der Waals surface area contributed by atoms with Gasteiger partial charge in [-0.25, -0.2) is 0 Å². The highest BCUT2D eigenvalue weighted by Crippen LogP contribution is 2.35. The lowest BCUT2D eigenvalue weighted by Crippen LogP contribution is -2.34. The van der Waals surface area contributed by atoms with Crippen LogP contribution in [-0.4, -0.2) is 36.0 Å². The Morgan fingerprint density at radius 2 is 2.24 bits per heavy atom. The Bertz CT molecular complexity index is 396. The minimum atomic E-state index is 0.561. The van der Waals surface area contributed by atoms with Gasteiger partial charge in [-0.05, 0) is 25.5 Å². The molecule has 0 aliphatic carbocycles. The molecule has 0 saturated carbocycles. The van der Waals surface area contributed by atoms with Crippen molar-refractivity contribution in [2.24, 2.45) is 0 Å². The molecular weight excluding hydrogens is 278 g/mol. The predicted molar refractivity (Wildman–Crippen MR) is 73.1 cm³/mol. The minimum absolute atomic E-state index is 0.561. The second-order valence-corrected chi connectivity index (χ2v) is 5.64. The summed E-state index contributed by atoms with van der Waals surface area (Å²) in [6, 6.07) is 9.20. The average Bonchev–Trinajstić information content (AvgIpc) is 2.97. The van der Waals surface area contributed by atoms with E-state index in [-0.39, 0.29) is 0 Å². The van der Waals surface area contributed by atoms with Gasteiger partial charge in [0.25, 0.3) is 0 Å². The summed E-state index contributed by atoms with van der Waals surface area (Å²) >= 11 is 3.62. The zero-order valence-electron chi connectivity index (χ0n) is 9.94. The number of halogens is 1. The lowest BCUT2D eigenvalue weighted by molar-refractivity contribution is 0.231. The first-order chi connectivity index (χ1) is 8.38. The standard InChI is InChI=1S/C14H18BrNO/c15-8-12-4-3-7-16(12)9-11-10-17-14-6-2-1-5-13(11)14/h1-2,5-6,11-12H,3-4,7-10H2. The number of alkyl halides is 1. The van der Waals surface area contributed by atoms with Crippen LogP contribution in [0.25, 0.3) is 0 Å². The van der Waals surface area contributed by atoms with Crippen LogP contribution in [0.2, 0.25) is 0 Å². The normalized spacial score (nSPS) is 28.1. The van der Waals surface area contributed by atoms with Gasteiger partial charge in [-0.1, -0.05) is 34.1 Å². The third-order valence-electron chi connectivity index (χ3n) is 3.93. The molecule has 0 bridgehead atoms. The van der Waals surface area contributed by atoms with Crippen molar-refractivity contribution in [3.05, 3.63) is 29.8 Å².